The van der Waals surface area contributed by atoms with Gasteiger partial charge in [0.25, 0.3) is 5.91 Å². The van der Waals surface area contributed by atoms with Crippen LogP contribution in [0.2, 0.25) is 0 Å². The highest BCUT2D eigenvalue weighted by atomic mass is 16.5. The lowest BCUT2D eigenvalue weighted by Crippen LogP contribution is -2.53. The normalized spacial score (nSPS) is 19.4. The number of amides is 2. The number of anilines is 1. The zero-order chi connectivity index (χ0) is 23.2. The van der Waals surface area contributed by atoms with E-state index in [0.717, 1.165) is 43.7 Å². The molecule has 2 aliphatic rings. The molecule has 0 spiro atoms. The number of fused-ring (bicyclic) bond motifs is 1. The van der Waals surface area contributed by atoms with E-state index in [2.05, 4.69) is 15.6 Å². The second-order valence-corrected chi connectivity index (χ2v) is 8.60. The molecule has 9 nitrogen and oxygen atoms in total. The number of aliphatic hydroxyl groups excluding tert-OH is 1. The van der Waals surface area contributed by atoms with Crippen LogP contribution in [0.15, 0.2) is 42.6 Å². The molecule has 1 aromatic heterocycles. The van der Waals surface area contributed by atoms with Crippen molar-refractivity contribution in [3.05, 3.63) is 59.3 Å². The van der Waals surface area contributed by atoms with Crippen molar-refractivity contribution in [2.75, 3.05) is 31.6 Å². The number of hydrogen-bond acceptors (Lipinski definition) is 6. The molecule has 176 valence electrons. The number of ether oxygens (including phenoxy) is 1. The van der Waals surface area contributed by atoms with Gasteiger partial charge in [-0.3, -0.25) is 9.69 Å². The number of nitrogens with one attached hydrogen (secondary N) is 2. The number of aliphatic hydroxyl groups is 1. The van der Waals surface area contributed by atoms with E-state index >= 15 is 0 Å². The summed E-state index contributed by atoms with van der Waals surface area (Å²) < 4.78 is 5.37. The summed E-state index contributed by atoms with van der Waals surface area (Å²) in [5.41, 5.74) is 2.32. The summed E-state index contributed by atoms with van der Waals surface area (Å²) in [4.78, 5) is 29.8. The van der Waals surface area contributed by atoms with Gasteiger partial charge in [-0.05, 0) is 48.4 Å². The van der Waals surface area contributed by atoms with E-state index < -0.39 is 18.2 Å². The van der Waals surface area contributed by atoms with Crippen LogP contribution in [0.25, 0.3) is 0 Å². The number of carbonyl (C=O) groups excluding carboxylic acids is 1. The predicted octanol–water partition coefficient (Wildman–Crippen LogP) is 2.12. The van der Waals surface area contributed by atoms with Gasteiger partial charge in [0.05, 0.1) is 17.7 Å². The first kappa shape index (κ1) is 23.0. The molecule has 4 rings (SSSR count). The van der Waals surface area contributed by atoms with Crippen molar-refractivity contribution < 1.29 is 24.5 Å². The third-order valence-corrected chi connectivity index (χ3v) is 6.39. The van der Waals surface area contributed by atoms with Crippen molar-refractivity contribution >= 4 is 17.8 Å². The van der Waals surface area contributed by atoms with Crippen LogP contribution in [0.4, 0.5) is 10.6 Å². The Morgan fingerprint density at radius 1 is 1.15 bits per heavy atom. The van der Waals surface area contributed by atoms with Crippen LogP contribution in [0.1, 0.15) is 34.3 Å². The first-order valence-corrected chi connectivity index (χ1v) is 11.3. The van der Waals surface area contributed by atoms with Gasteiger partial charge in [0.1, 0.15) is 5.82 Å². The van der Waals surface area contributed by atoms with Crippen LogP contribution >= 0.6 is 0 Å². The quantitative estimate of drug-likeness (QED) is 0.505. The van der Waals surface area contributed by atoms with Gasteiger partial charge < -0.3 is 25.6 Å². The fourth-order valence-electron chi connectivity index (χ4n) is 4.37. The average molecular weight is 455 g/mol. The molecular formula is C24H30N4O5. The van der Waals surface area contributed by atoms with Crippen molar-refractivity contribution in [3.8, 4) is 0 Å². The Labute approximate surface area is 192 Å². The lowest BCUT2D eigenvalue weighted by molar-refractivity contribution is 0.0382. The summed E-state index contributed by atoms with van der Waals surface area (Å²) >= 11 is 0. The SMILES string of the molecule is O=C(NCC(O)C1Cc2ccccc2CN1C(=O)O)c1ccc(NCC2CCOCC2)nc1. The monoisotopic (exact) mass is 454 g/mol. The minimum Gasteiger partial charge on any atom is -0.465 e. The number of rotatable bonds is 7. The average Bonchev–Trinajstić information content (AvgIpc) is 2.86. The molecule has 0 saturated carbocycles. The second kappa shape index (κ2) is 10.6. The minimum absolute atomic E-state index is 0.0563. The summed E-state index contributed by atoms with van der Waals surface area (Å²) in [6.45, 7) is 2.57. The van der Waals surface area contributed by atoms with E-state index in [1.165, 1.54) is 11.1 Å². The summed E-state index contributed by atoms with van der Waals surface area (Å²) in [7, 11) is 0. The molecule has 2 unspecified atom stereocenters. The molecule has 9 heteroatoms. The number of hydrogen-bond donors (Lipinski definition) is 4. The van der Waals surface area contributed by atoms with Gasteiger partial charge in [-0.25, -0.2) is 9.78 Å². The molecule has 3 heterocycles. The highest BCUT2D eigenvalue weighted by Gasteiger charge is 2.34. The Morgan fingerprint density at radius 2 is 1.91 bits per heavy atom. The van der Waals surface area contributed by atoms with Gasteiger partial charge >= 0.3 is 6.09 Å². The predicted molar refractivity (Wildman–Crippen MR) is 122 cm³/mol. The van der Waals surface area contributed by atoms with Gasteiger partial charge in [0.2, 0.25) is 0 Å². The standard InChI is InChI=1S/C24H30N4O5/c29-21(20-11-17-3-1-2-4-19(17)15-28(20)24(31)32)14-27-23(30)18-5-6-22(26-13-18)25-12-16-7-9-33-10-8-16/h1-6,13,16,20-21,29H,7-12,14-15H2,(H,25,26)(H,27,30)(H,31,32). The summed E-state index contributed by atoms with van der Waals surface area (Å²) in [6, 6.07) is 10.4. The van der Waals surface area contributed by atoms with Crippen molar-refractivity contribution in [1.29, 1.82) is 0 Å². The maximum atomic E-state index is 12.5. The third kappa shape index (κ3) is 5.80. The van der Waals surface area contributed by atoms with Gasteiger partial charge in [0.15, 0.2) is 0 Å². The Morgan fingerprint density at radius 3 is 2.61 bits per heavy atom. The molecule has 1 fully saturated rings. The molecule has 0 bridgehead atoms. The molecule has 2 aromatic rings. The third-order valence-electron chi connectivity index (χ3n) is 6.39. The lowest BCUT2D eigenvalue weighted by atomic mass is 9.91. The molecule has 0 radical (unpaired) electrons. The Hall–Kier alpha value is -3.17. The van der Waals surface area contributed by atoms with E-state index in [4.69, 9.17) is 4.74 Å². The topological polar surface area (TPSA) is 124 Å². The van der Waals surface area contributed by atoms with Crippen molar-refractivity contribution in [2.45, 2.75) is 38.0 Å². The summed E-state index contributed by atoms with van der Waals surface area (Å²) in [5.74, 6) is 0.897. The van der Waals surface area contributed by atoms with E-state index in [0.29, 0.717) is 23.7 Å². The van der Waals surface area contributed by atoms with Gasteiger partial charge in [-0.2, -0.15) is 0 Å². The zero-order valence-electron chi connectivity index (χ0n) is 18.4. The molecule has 33 heavy (non-hydrogen) atoms. The number of carbonyl (C=O) groups is 2. The highest BCUT2D eigenvalue weighted by molar-refractivity contribution is 5.94. The van der Waals surface area contributed by atoms with Crippen LogP contribution in [-0.4, -0.2) is 70.5 Å². The van der Waals surface area contributed by atoms with Gasteiger partial charge in [0, 0.05) is 39.0 Å². The minimum atomic E-state index is -1.09. The molecule has 2 amide bonds. The Bertz CT molecular complexity index is 962. The van der Waals surface area contributed by atoms with E-state index in [-0.39, 0.29) is 19.0 Å². The Kier molecular flexibility index (Phi) is 7.41. The summed E-state index contributed by atoms with van der Waals surface area (Å²) in [5, 5.41) is 26.3. The first-order valence-electron chi connectivity index (χ1n) is 11.3. The number of benzene rings is 1. The van der Waals surface area contributed by atoms with Crippen molar-refractivity contribution in [3.63, 3.8) is 0 Å². The van der Waals surface area contributed by atoms with Gasteiger partial charge in [-0.15, -0.1) is 0 Å². The van der Waals surface area contributed by atoms with Crippen LogP contribution in [0, 0.1) is 5.92 Å². The van der Waals surface area contributed by atoms with Crippen LogP contribution in [0.3, 0.4) is 0 Å². The molecule has 1 saturated heterocycles. The van der Waals surface area contributed by atoms with Crippen LogP contribution < -0.4 is 10.6 Å². The maximum absolute atomic E-state index is 12.5. The maximum Gasteiger partial charge on any atom is 0.407 e. The van der Waals surface area contributed by atoms with Crippen molar-refractivity contribution in [1.82, 2.24) is 15.2 Å². The molecule has 1 aromatic carbocycles. The largest absolute Gasteiger partial charge is 0.465 e. The summed E-state index contributed by atoms with van der Waals surface area (Å²) in [6.07, 6.45) is 1.83. The number of nitrogens with zero attached hydrogens (tertiary/aromatic N) is 2. The highest BCUT2D eigenvalue weighted by Crippen LogP contribution is 2.25. The lowest BCUT2D eigenvalue weighted by Gasteiger charge is -2.37. The van der Waals surface area contributed by atoms with Crippen LogP contribution in [0.5, 0.6) is 0 Å². The molecular weight excluding hydrogens is 424 g/mol. The molecule has 0 aliphatic carbocycles. The Balaban J connectivity index is 1.30. The fourth-order valence-corrected chi connectivity index (χ4v) is 4.37. The van der Waals surface area contributed by atoms with Crippen molar-refractivity contribution in [2.24, 2.45) is 5.92 Å². The second-order valence-electron chi connectivity index (χ2n) is 8.60. The number of aromatic nitrogens is 1. The smallest absolute Gasteiger partial charge is 0.407 e. The van der Waals surface area contributed by atoms with E-state index in [1.54, 1.807) is 12.1 Å². The van der Waals surface area contributed by atoms with E-state index in [9.17, 15) is 19.8 Å². The molecule has 2 aliphatic heterocycles. The molecule has 4 N–H and O–H groups in total. The number of pyridine rings is 1. The molecule has 2 atom stereocenters. The fraction of sp³-hybridized carbons (Fsp3) is 0.458. The van der Waals surface area contributed by atoms with E-state index in [1.807, 2.05) is 24.3 Å². The first-order chi connectivity index (χ1) is 16.0. The van der Waals surface area contributed by atoms with Gasteiger partial charge in [-0.1, -0.05) is 24.3 Å². The number of carboxylic acid groups (broad SMARTS) is 1. The van der Waals surface area contributed by atoms with Crippen LogP contribution in [-0.2, 0) is 17.7 Å². The zero-order valence-corrected chi connectivity index (χ0v) is 18.4.